The fourth-order valence-corrected chi connectivity index (χ4v) is 2.90. The number of nitrogens with zero attached hydrogens (tertiary/aromatic N) is 1. The van der Waals surface area contributed by atoms with Crippen molar-refractivity contribution < 1.29 is 22.7 Å². The van der Waals surface area contributed by atoms with Crippen LogP contribution in [0, 0.1) is 0 Å². The number of morpholine rings is 1. The lowest BCUT2D eigenvalue weighted by molar-refractivity contribution is -0.136. The lowest BCUT2D eigenvalue weighted by Gasteiger charge is -2.32. The summed E-state index contributed by atoms with van der Waals surface area (Å²) in [6.45, 7) is 0.863. The molecule has 2 atom stereocenters. The van der Waals surface area contributed by atoms with E-state index in [2.05, 4.69) is 0 Å². The molecule has 2 saturated heterocycles. The highest BCUT2D eigenvalue weighted by Crippen LogP contribution is 2.34. The van der Waals surface area contributed by atoms with Gasteiger partial charge in [-0.1, -0.05) is 0 Å². The first-order valence-electron chi connectivity index (χ1n) is 6.76. The predicted molar refractivity (Wildman–Crippen MR) is 69.7 cm³/mol. The van der Waals surface area contributed by atoms with Gasteiger partial charge in [0.2, 0.25) is 0 Å². The summed E-state index contributed by atoms with van der Waals surface area (Å²) in [6, 6.07) is 3.30. The van der Waals surface area contributed by atoms with Gasteiger partial charge in [-0.05, 0) is 31.0 Å². The van der Waals surface area contributed by atoms with E-state index in [0.29, 0.717) is 13.1 Å². The van der Waals surface area contributed by atoms with Crippen LogP contribution in [0.2, 0.25) is 0 Å². The molecule has 4 nitrogen and oxygen atoms in total. The van der Waals surface area contributed by atoms with Crippen molar-refractivity contribution >= 4 is 11.6 Å². The summed E-state index contributed by atoms with van der Waals surface area (Å²) in [5.41, 5.74) is 4.01. The Balaban J connectivity index is 1.85. The fourth-order valence-electron chi connectivity index (χ4n) is 2.90. The molecule has 0 aliphatic carbocycles. The van der Waals surface area contributed by atoms with E-state index in [1.54, 1.807) is 4.90 Å². The number of rotatable bonds is 1. The predicted octanol–water partition coefficient (Wildman–Crippen LogP) is 2.29. The average molecular weight is 300 g/mol. The van der Waals surface area contributed by atoms with Gasteiger partial charge in [-0.25, -0.2) is 0 Å². The third-order valence-electron chi connectivity index (χ3n) is 3.94. The van der Waals surface area contributed by atoms with Crippen LogP contribution in [0.3, 0.4) is 0 Å². The summed E-state index contributed by atoms with van der Waals surface area (Å²) < 4.78 is 44.1. The molecule has 0 saturated carbocycles. The van der Waals surface area contributed by atoms with Gasteiger partial charge in [0.05, 0.1) is 17.8 Å². The van der Waals surface area contributed by atoms with Gasteiger partial charge in [0.15, 0.2) is 0 Å². The normalized spacial score (nSPS) is 25.2. The lowest BCUT2D eigenvalue weighted by atomic mass is 10.1. The van der Waals surface area contributed by atoms with E-state index >= 15 is 0 Å². The second-order valence-electron chi connectivity index (χ2n) is 5.47. The molecule has 2 fully saturated rings. The van der Waals surface area contributed by atoms with Crippen LogP contribution in [0.5, 0.6) is 0 Å². The third kappa shape index (κ3) is 2.70. The van der Waals surface area contributed by atoms with Gasteiger partial charge in [0.1, 0.15) is 0 Å². The molecule has 2 N–H and O–H groups in total. The fraction of sp³-hybridized carbons (Fsp3) is 0.500. The van der Waals surface area contributed by atoms with Crippen molar-refractivity contribution in [2.45, 2.75) is 31.2 Å². The topological polar surface area (TPSA) is 55.6 Å². The van der Waals surface area contributed by atoms with Gasteiger partial charge in [-0.2, -0.15) is 13.2 Å². The number of anilines is 1. The average Bonchev–Trinajstić information content (AvgIpc) is 2.76. The van der Waals surface area contributed by atoms with Crippen molar-refractivity contribution in [1.82, 2.24) is 4.90 Å². The van der Waals surface area contributed by atoms with Crippen molar-refractivity contribution in [1.29, 1.82) is 0 Å². The number of hydrogen-bond acceptors (Lipinski definition) is 3. The Morgan fingerprint density at radius 1 is 1.24 bits per heavy atom. The monoisotopic (exact) mass is 300 g/mol. The van der Waals surface area contributed by atoms with E-state index in [0.717, 1.165) is 25.0 Å². The Morgan fingerprint density at radius 2 is 1.86 bits per heavy atom. The highest BCUT2D eigenvalue weighted by atomic mass is 19.4. The molecule has 0 aromatic heterocycles. The van der Waals surface area contributed by atoms with Gasteiger partial charge in [0, 0.05) is 24.3 Å². The molecular formula is C14H15F3N2O2. The highest BCUT2D eigenvalue weighted by molar-refractivity contribution is 5.95. The van der Waals surface area contributed by atoms with Gasteiger partial charge in [-0.15, -0.1) is 0 Å². The zero-order valence-electron chi connectivity index (χ0n) is 11.2. The van der Waals surface area contributed by atoms with Crippen LogP contribution in [-0.2, 0) is 10.9 Å². The largest absolute Gasteiger partial charge is 0.418 e. The number of alkyl halides is 3. The minimum Gasteiger partial charge on any atom is -0.398 e. The zero-order valence-corrected chi connectivity index (χ0v) is 11.2. The summed E-state index contributed by atoms with van der Waals surface area (Å²) in [7, 11) is 0. The van der Waals surface area contributed by atoms with Crippen LogP contribution in [0.15, 0.2) is 18.2 Å². The second kappa shape index (κ2) is 4.91. The third-order valence-corrected chi connectivity index (χ3v) is 3.94. The number of ether oxygens (including phenoxy) is 1. The maximum Gasteiger partial charge on any atom is 0.418 e. The van der Waals surface area contributed by atoms with E-state index < -0.39 is 17.6 Å². The molecule has 114 valence electrons. The van der Waals surface area contributed by atoms with E-state index in [9.17, 15) is 18.0 Å². The van der Waals surface area contributed by atoms with Crippen molar-refractivity contribution in [3.05, 3.63) is 29.3 Å². The molecule has 1 aromatic carbocycles. The molecule has 2 aliphatic rings. The van der Waals surface area contributed by atoms with E-state index in [-0.39, 0.29) is 23.5 Å². The number of fused-ring (bicyclic) bond motifs is 2. The number of nitrogen functional groups attached to an aromatic ring is 1. The van der Waals surface area contributed by atoms with Gasteiger partial charge in [-0.3, -0.25) is 4.79 Å². The molecule has 2 bridgehead atoms. The minimum absolute atomic E-state index is 0.00330. The molecule has 3 rings (SSSR count). The van der Waals surface area contributed by atoms with E-state index in [1.165, 1.54) is 6.07 Å². The van der Waals surface area contributed by atoms with Crippen LogP contribution >= 0.6 is 0 Å². The molecular weight excluding hydrogens is 285 g/mol. The maximum atomic E-state index is 12.8. The quantitative estimate of drug-likeness (QED) is 0.810. The Hall–Kier alpha value is -1.76. The molecule has 2 unspecified atom stereocenters. The molecule has 1 amide bonds. The van der Waals surface area contributed by atoms with Gasteiger partial charge < -0.3 is 15.4 Å². The second-order valence-corrected chi connectivity index (χ2v) is 5.47. The SMILES string of the molecule is Nc1ccc(C(=O)N2CC3CCC(C2)O3)cc1C(F)(F)F. The first-order chi connectivity index (χ1) is 9.84. The number of benzene rings is 1. The van der Waals surface area contributed by atoms with Crippen LogP contribution in [0.25, 0.3) is 0 Å². The smallest absolute Gasteiger partial charge is 0.398 e. The minimum atomic E-state index is -4.57. The Morgan fingerprint density at radius 3 is 2.43 bits per heavy atom. The van der Waals surface area contributed by atoms with Gasteiger partial charge in [0.25, 0.3) is 5.91 Å². The maximum absolute atomic E-state index is 12.8. The Kier molecular flexibility index (Phi) is 3.32. The summed E-state index contributed by atoms with van der Waals surface area (Å²) >= 11 is 0. The first kappa shape index (κ1) is 14.2. The van der Waals surface area contributed by atoms with Crippen LogP contribution < -0.4 is 5.73 Å². The number of hydrogen-bond donors (Lipinski definition) is 1. The van der Waals surface area contributed by atoms with E-state index in [4.69, 9.17) is 10.5 Å². The summed E-state index contributed by atoms with van der Waals surface area (Å²) in [5.74, 6) is -0.402. The number of amides is 1. The van der Waals surface area contributed by atoms with Crippen molar-refractivity contribution in [2.75, 3.05) is 18.8 Å². The van der Waals surface area contributed by atoms with Crippen LogP contribution in [0.4, 0.5) is 18.9 Å². The van der Waals surface area contributed by atoms with Crippen LogP contribution in [-0.4, -0.2) is 36.1 Å². The number of carbonyl (C=O) groups excluding carboxylic acids is 1. The lowest BCUT2D eigenvalue weighted by Crippen LogP contribution is -2.45. The molecule has 0 spiro atoms. The summed E-state index contributed by atoms with van der Waals surface area (Å²) in [5, 5.41) is 0. The standard InChI is InChI=1S/C14H15F3N2O2/c15-14(16,17)11-5-8(1-4-12(11)18)13(20)19-6-9-2-3-10(7-19)21-9/h1,4-5,9-10H,2-3,6-7,18H2. The summed E-state index contributed by atoms with van der Waals surface area (Å²) in [6.07, 6.45) is -2.77. The molecule has 7 heteroatoms. The molecule has 21 heavy (non-hydrogen) atoms. The molecule has 2 heterocycles. The molecule has 0 radical (unpaired) electrons. The van der Waals surface area contributed by atoms with Crippen LogP contribution in [0.1, 0.15) is 28.8 Å². The first-order valence-corrected chi connectivity index (χ1v) is 6.76. The number of carbonyl (C=O) groups is 1. The zero-order chi connectivity index (χ0) is 15.2. The molecule has 2 aliphatic heterocycles. The molecule has 1 aromatic rings. The van der Waals surface area contributed by atoms with Gasteiger partial charge >= 0.3 is 6.18 Å². The highest BCUT2D eigenvalue weighted by Gasteiger charge is 2.37. The number of nitrogens with two attached hydrogens (primary N) is 1. The summed E-state index contributed by atoms with van der Waals surface area (Å²) in [4.78, 5) is 13.9. The Bertz CT molecular complexity index is 562. The van der Waals surface area contributed by atoms with Crippen molar-refractivity contribution in [2.24, 2.45) is 0 Å². The van der Waals surface area contributed by atoms with Crippen molar-refractivity contribution in [3.8, 4) is 0 Å². The Labute approximate surface area is 119 Å². The van der Waals surface area contributed by atoms with E-state index in [1.807, 2.05) is 0 Å². The number of likely N-dealkylation sites (tertiary alicyclic amines) is 1. The number of halogens is 3. The van der Waals surface area contributed by atoms with Crippen molar-refractivity contribution in [3.63, 3.8) is 0 Å².